The first-order chi connectivity index (χ1) is 12.1. The zero-order chi connectivity index (χ0) is 19.5. The zero-order valence-electron chi connectivity index (χ0n) is 16.2. The van der Waals surface area contributed by atoms with E-state index in [2.05, 4.69) is 10.4 Å². The van der Waals surface area contributed by atoms with Crippen LogP contribution in [0.15, 0.2) is 30.5 Å². The second-order valence-electron chi connectivity index (χ2n) is 7.21. The Balaban J connectivity index is 2.14. The maximum absolute atomic E-state index is 12.5. The van der Waals surface area contributed by atoms with Gasteiger partial charge in [0, 0.05) is 25.5 Å². The molecule has 0 saturated carbocycles. The molecule has 0 radical (unpaired) electrons. The average Bonchev–Trinajstić information content (AvgIpc) is 2.87. The maximum Gasteiger partial charge on any atom is 0.410 e. The summed E-state index contributed by atoms with van der Waals surface area (Å²) >= 11 is 0. The Labute approximate surface area is 153 Å². The highest BCUT2D eigenvalue weighted by atomic mass is 16.6. The number of nitrogens with one attached hydrogen (secondary N) is 1. The smallest absolute Gasteiger partial charge is 0.410 e. The van der Waals surface area contributed by atoms with E-state index in [4.69, 9.17) is 4.74 Å². The van der Waals surface area contributed by atoms with Crippen LogP contribution in [-0.4, -0.2) is 39.3 Å². The molecule has 0 aliphatic carbocycles. The van der Waals surface area contributed by atoms with Crippen LogP contribution < -0.4 is 5.32 Å². The zero-order valence-corrected chi connectivity index (χ0v) is 16.2. The Kier molecular flexibility index (Phi) is 5.69. The summed E-state index contributed by atoms with van der Waals surface area (Å²) in [6.07, 6.45) is 1.13. The van der Waals surface area contributed by atoms with E-state index in [9.17, 15) is 9.59 Å². The number of nitrogens with zero attached hydrogens (tertiary/aromatic N) is 3. The third kappa shape index (κ3) is 4.84. The SMILES string of the molecule is Cc1c(C(=O)Nc2ccccc2CN(C)C(=O)OC(C)(C)C)cnn1C. The number of rotatable bonds is 4. The van der Waals surface area contributed by atoms with Gasteiger partial charge in [0.1, 0.15) is 5.60 Å². The first-order valence-electron chi connectivity index (χ1n) is 8.40. The van der Waals surface area contributed by atoms with Crippen molar-refractivity contribution in [3.8, 4) is 0 Å². The van der Waals surface area contributed by atoms with Gasteiger partial charge in [0.2, 0.25) is 0 Å². The fraction of sp³-hybridized carbons (Fsp3) is 0.421. The quantitative estimate of drug-likeness (QED) is 0.909. The molecule has 0 aliphatic heterocycles. The minimum Gasteiger partial charge on any atom is -0.444 e. The number of hydrogen-bond acceptors (Lipinski definition) is 4. The number of para-hydroxylation sites is 1. The summed E-state index contributed by atoms with van der Waals surface area (Å²) in [6.45, 7) is 7.62. The minimum atomic E-state index is -0.559. The number of carbonyl (C=O) groups excluding carboxylic acids is 2. The summed E-state index contributed by atoms with van der Waals surface area (Å²) in [5.41, 5.74) is 2.21. The predicted molar refractivity (Wildman–Crippen MR) is 100 cm³/mol. The molecule has 0 spiro atoms. The van der Waals surface area contributed by atoms with Crippen LogP contribution in [-0.2, 0) is 18.3 Å². The van der Waals surface area contributed by atoms with Gasteiger partial charge in [-0.3, -0.25) is 9.48 Å². The third-order valence-electron chi connectivity index (χ3n) is 3.86. The fourth-order valence-electron chi connectivity index (χ4n) is 2.35. The summed E-state index contributed by atoms with van der Waals surface area (Å²) in [6, 6.07) is 7.38. The van der Waals surface area contributed by atoms with Crippen LogP contribution in [0.4, 0.5) is 10.5 Å². The molecule has 0 saturated heterocycles. The summed E-state index contributed by atoms with van der Waals surface area (Å²) in [7, 11) is 3.45. The molecule has 1 aromatic heterocycles. The number of hydrogen-bond donors (Lipinski definition) is 1. The van der Waals surface area contributed by atoms with Crippen LogP contribution in [0.25, 0.3) is 0 Å². The number of aromatic nitrogens is 2. The predicted octanol–water partition coefficient (Wildman–Crippen LogP) is 3.35. The van der Waals surface area contributed by atoms with Crippen molar-refractivity contribution in [3.63, 3.8) is 0 Å². The van der Waals surface area contributed by atoms with Crippen molar-refractivity contribution >= 4 is 17.7 Å². The Morgan fingerprint density at radius 2 is 1.92 bits per heavy atom. The second kappa shape index (κ2) is 7.59. The average molecular weight is 358 g/mol. The number of benzene rings is 1. The molecule has 0 fully saturated rings. The molecule has 0 aliphatic rings. The first-order valence-corrected chi connectivity index (χ1v) is 8.40. The molecule has 0 bridgehead atoms. The van der Waals surface area contributed by atoms with Crippen LogP contribution in [0.1, 0.15) is 42.4 Å². The highest BCUT2D eigenvalue weighted by Gasteiger charge is 2.21. The molecular weight excluding hydrogens is 332 g/mol. The van der Waals surface area contributed by atoms with Crippen LogP contribution in [0.3, 0.4) is 0 Å². The number of aryl methyl sites for hydroxylation is 1. The lowest BCUT2D eigenvalue weighted by molar-refractivity contribution is 0.0285. The maximum atomic E-state index is 12.5. The molecule has 2 aromatic rings. The van der Waals surface area contributed by atoms with Gasteiger partial charge >= 0.3 is 6.09 Å². The van der Waals surface area contributed by atoms with Gasteiger partial charge < -0.3 is 15.0 Å². The lowest BCUT2D eigenvalue weighted by Crippen LogP contribution is -2.34. The summed E-state index contributed by atoms with van der Waals surface area (Å²) in [4.78, 5) is 26.2. The van der Waals surface area contributed by atoms with Gasteiger partial charge in [-0.1, -0.05) is 18.2 Å². The molecule has 1 N–H and O–H groups in total. The van der Waals surface area contributed by atoms with Crippen molar-refractivity contribution in [3.05, 3.63) is 47.3 Å². The van der Waals surface area contributed by atoms with Crippen LogP contribution in [0.5, 0.6) is 0 Å². The molecule has 1 aromatic carbocycles. The van der Waals surface area contributed by atoms with Crippen molar-refractivity contribution < 1.29 is 14.3 Å². The highest BCUT2D eigenvalue weighted by Crippen LogP contribution is 2.20. The lowest BCUT2D eigenvalue weighted by atomic mass is 10.1. The minimum absolute atomic E-state index is 0.233. The molecule has 2 amide bonds. The van der Waals surface area contributed by atoms with Gasteiger partial charge in [0.25, 0.3) is 5.91 Å². The van der Waals surface area contributed by atoms with Gasteiger partial charge in [-0.2, -0.15) is 5.10 Å². The van der Waals surface area contributed by atoms with Crippen LogP contribution in [0, 0.1) is 6.92 Å². The topological polar surface area (TPSA) is 76.5 Å². The molecule has 7 heteroatoms. The molecule has 0 atom stereocenters. The molecule has 1 heterocycles. The summed E-state index contributed by atoms with van der Waals surface area (Å²) in [5.74, 6) is -0.233. The first kappa shape index (κ1) is 19.5. The normalized spacial score (nSPS) is 11.2. The van der Waals surface area contributed by atoms with E-state index >= 15 is 0 Å². The van der Waals surface area contributed by atoms with Gasteiger partial charge in [0.15, 0.2) is 0 Å². The number of ether oxygens (including phenoxy) is 1. The van der Waals surface area contributed by atoms with E-state index in [1.54, 1.807) is 25.0 Å². The van der Waals surface area contributed by atoms with E-state index < -0.39 is 11.7 Å². The molecule has 2 rings (SSSR count). The Hall–Kier alpha value is -2.83. The fourth-order valence-corrected chi connectivity index (χ4v) is 2.35. The number of anilines is 1. The number of amides is 2. The van der Waals surface area contributed by atoms with E-state index in [1.165, 1.54) is 4.90 Å². The largest absolute Gasteiger partial charge is 0.444 e. The third-order valence-corrected chi connectivity index (χ3v) is 3.86. The van der Waals surface area contributed by atoms with Crippen molar-refractivity contribution in [2.45, 2.75) is 39.8 Å². The van der Waals surface area contributed by atoms with Gasteiger partial charge in [-0.25, -0.2) is 4.79 Å². The molecule has 0 unspecified atom stereocenters. The van der Waals surface area contributed by atoms with Gasteiger partial charge in [-0.15, -0.1) is 0 Å². The molecular formula is C19H26N4O3. The van der Waals surface area contributed by atoms with Gasteiger partial charge in [0.05, 0.1) is 18.3 Å². The van der Waals surface area contributed by atoms with Crippen molar-refractivity contribution in [2.75, 3.05) is 12.4 Å². The summed E-state index contributed by atoms with van der Waals surface area (Å²) in [5, 5.41) is 7.00. The molecule has 140 valence electrons. The van der Waals surface area contributed by atoms with Crippen molar-refractivity contribution in [2.24, 2.45) is 7.05 Å². The van der Waals surface area contributed by atoms with E-state index in [0.717, 1.165) is 11.3 Å². The van der Waals surface area contributed by atoms with Crippen LogP contribution >= 0.6 is 0 Å². The van der Waals surface area contributed by atoms with E-state index in [-0.39, 0.29) is 5.91 Å². The number of carbonyl (C=O) groups is 2. The van der Waals surface area contributed by atoms with Crippen LogP contribution in [0.2, 0.25) is 0 Å². The van der Waals surface area contributed by atoms with Gasteiger partial charge in [-0.05, 0) is 39.3 Å². The Morgan fingerprint density at radius 1 is 1.27 bits per heavy atom. The molecule has 26 heavy (non-hydrogen) atoms. The second-order valence-corrected chi connectivity index (χ2v) is 7.21. The summed E-state index contributed by atoms with van der Waals surface area (Å²) < 4.78 is 7.02. The Bertz CT molecular complexity index is 805. The molecule has 7 nitrogen and oxygen atoms in total. The highest BCUT2D eigenvalue weighted by molar-refractivity contribution is 6.05. The lowest BCUT2D eigenvalue weighted by Gasteiger charge is -2.25. The monoisotopic (exact) mass is 358 g/mol. The van der Waals surface area contributed by atoms with E-state index in [0.29, 0.717) is 17.8 Å². The van der Waals surface area contributed by atoms with Crippen molar-refractivity contribution in [1.82, 2.24) is 14.7 Å². The standard InChI is InChI=1S/C19H26N4O3/c1-13-15(11-20-23(13)6)17(24)21-16-10-8-7-9-14(16)12-22(5)18(25)26-19(2,3)4/h7-11H,12H2,1-6H3,(H,21,24). The Morgan fingerprint density at radius 3 is 2.50 bits per heavy atom. The van der Waals surface area contributed by atoms with E-state index in [1.807, 2.05) is 52.0 Å². The van der Waals surface area contributed by atoms with Crippen molar-refractivity contribution in [1.29, 1.82) is 0 Å².